The summed E-state index contributed by atoms with van der Waals surface area (Å²) in [6.45, 7) is 2.25. The zero-order chi connectivity index (χ0) is 11.8. The van der Waals surface area contributed by atoms with Crippen molar-refractivity contribution in [1.82, 2.24) is 9.97 Å². The molecule has 0 spiro atoms. The Labute approximate surface area is 102 Å². The summed E-state index contributed by atoms with van der Waals surface area (Å²) in [7, 11) is 0. The Morgan fingerprint density at radius 1 is 1.29 bits per heavy atom. The van der Waals surface area contributed by atoms with Gasteiger partial charge in [0.1, 0.15) is 0 Å². The van der Waals surface area contributed by atoms with Gasteiger partial charge in [-0.2, -0.15) is 0 Å². The fraction of sp³-hybridized carbons (Fsp3) is 0.692. The lowest BCUT2D eigenvalue weighted by Gasteiger charge is -2.29. The third kappa shape index (κ3) is 1.96. The van der Waals surface area contributed by atoms with Crippen molar-refractivity contribution in [2.75, 3.05) is 11.1 Å². The molecule has 0 amide bonds. The third-order valence-electron chi connectivity index (χ3n) is 4.53. The molecule has 3 N–H and O–H groups in total. The minimum absolute atomic E-state index is 0.448. The minimum atomic E-state index is 0.448. The summed E-state index contributed by atoms with van der Waals surface area (Å²) in [6.07, 6.45) is 8.99. The van der Waals surface area contributed by atoms with E-state index in [1.807, 2.05) is 0 Å². The number of nitrogens with one attached hydrogen (secondary N) is 1. The van der Waals surface area contributed by atoms with Gasteiger partial charge in [0.05, 0.1) is 0 Å². The summed E-state index contributed by atoms with van der Waals surface area (Å²) >= 11 is 0. The van der Waals surface area contributed by atoms with E-state index in [4.69, 9.17) is 5.73 Å². The summed E-state index contributed by atoms with van der Waals surface area (Å²) in [5.41, 5.74) is 5.81. The molecule has 1 heterocycles. The van der Waals surface area contributed by atoms with Gasteiger partial charge < -0.3 is 11.1 Å². The molecule has 0 aliphatic heterocycles. The summed E-state index contributed by atoms with van der Waals surface area (Å²) in [5.74, 6) is 3.93. The van der Waals surface area contributed by atoms with Crippen molar-refractivity contribution in [2.45, 2.75) is 38.6 Å². The highest BCUT2D eigenvalue weighted by molar-refractivity contribution is 5.55. The van der Waals surface area contributed by atoms with Gasteiger partial charge in [0.2, 0.25) is 0 Å². The number of nitrogens with two attached hydrogens (primary N) is 1. The van der Waals surface area contributed by atoms with Crippen molar-refractivity contribution in [1.29, 1.82) is 0 Å². The van der Waals surface area contributed by atoms with Crippen LogP contribution >= 0.6 is 0 Å². The van der Waals surface area contributed by atoms with E-state index in [0.29, 0.717) is 11.9 Å². The molecule has 17 heavy (non-hydrogen) atoms. The molecule has 2 saturated carbocycles. The van der Waals surface area contributed by atoms with Crippen molar-refractivity contribution in [3.05, 3.63) is 12.4 Å². The van der Waals surface area contributed by atoms with E-state index in [9.17, 15) is 0 Å². The fourth-order valence-corrected chi connectivity index (χ4v) is 3.69. The molecule has 4 atom stereocenters. The van der Waals surface area contributed by atoms with E-state index < -0.39 is 0 Å². The van der Waals surface area contributed by atoms with Crippen molar-refractivity contribution in [3.63, 3.8) is 0 Å². The maximum absolute atomic E-state index is 5.81. The number of rotatable bonds is 3. The van der Waals surface area contributed by atoms with Crippen molar-refractivity contribution < 1.29 is 0 Å². The Morgan fingerprint density at radius 3 is 2.76 bits per heavy atom. The second-order valence-corrected chi connectivity index (χ2v) is 5.56. The van der Waals surface area contributed by atoms with Crippen LogP contribution in [0.3, 0.4) is 0 Å². The van der Waals surface area contributed by atoms with Crippen LogP contribution in [0.2, 0.25) is 0 Å². The molecule has 2 fully saturated rings. The van der Waals surface area contributed by atoms with E-state index in [1.165, 1.54) is 25.7 Å². The first kappa shape index (κ1) is 10.8. The summed E-state index contributed by atoms with van der Waals surface area (Å²) in [6, 6.07) is 0.448. The van der Waals surface area contributed by atoms with Crippen LogP contribution < -0.4 is 11.1 Å². The molecule has 4 heteroatoms. The fourth-order valence-electron chi connectivity index (χ4n) is 3.69. The Balaban J connectivity index is 1.68. The molecule has 2 aliphatic rings. The maximum Gasteiger partial charge on any atom is 0.169 e. The molecule has 1 aromatic heterocycles. The molecular formula is C13H20N4. The van der Waals surface area contributed by atoms with E-state index in [-0.39, 0.29) is 0 Å². The summed E-state index contributed by atoms with van der Waals surface area (Å²) in [4.78, 5) is 8.31. The van der Waals surface area contributed by atoms with Crippen LogP contribution in [0.15, 0.2) is 12.4 Å². The van der Waals surface area contributed by atoms with Crippen molar-refractivity contribution >= 4 is 11.6 Å². The number of fused-ring (bicyclic) bond motifs is 2. The Bertz CT molecular complexity index is 406. The Kier molecular flexibility index (Phi) is 2.65. The Morgan fingerprint density at radius 2 is 2.12 bits per heavy atom. The van der Waals surface area contributed by atoms with Gasteiger partial charge in [-0.3, -0.25) is 0 Å². The highest BCUT2D eigenvalue weighted by atomic mass is 15.1. The zero-order valence-electron chi connectivity index (χ0n) is 10.3. The predicted molar refractivity (Wildman–Crippen MR) is 68.5 cm³/mol. The lowest BCUT2D eigenvalue weighted by Crippen LogP contribution is -2.30. The highest BCUT2D eigenvalue weighted by Gasteiger charge is 2.41. The van der Waals surface area contributed by atoms with Gasteiger partial charge in [0.15, 0.2) is 11.6 Å². The van der Waals surface area contributed by atoms with Crippen LogP contribution in [-0.2, 0) is 0 Å². The average molecular weight is 232 g/mol. The molecule has 0 aromatic carbocycles. The largest absolute Gasteiger partial charge is 0.381 e. The Hall–Kier alpha value is -1.32. The SMILES string of the molecule is CC(Nc1nccnc1N)C1CC2CCC1C2. The first-order valence-corrected chi connectivity index (χ1v) is 6.57. The smallest absolute Gasteiger partial charge is 0.169 e. The van der Waals surface area contributed by atoms with E-state index in [2.05, 4.69) is 22.2 Å². The number of nitrogens with zero attached hydrogens (tertiary/aromatic N) is 2. The number of hydrogen-bond acceptors (Lipinski definition) is 4. The normalized spacial score (nSPS) is 32.6. The van der Waals surface area contributed by atoms with Gasteiger partial charge in [-0.15, -0.1) is 0 Å². The van der Waals surface area contributed by atoms with Crippen LogP contribution in [-0.4, -0.2) is 16.0 Å². The van der Waals surface area contributed by atoms with E-state index in [1.54, 1.807) is 12.4 Å². The van der Waals surface area contributed by atoms with Crippen molar-refractivity contribution in [3.8, 4) is 0 Å². The van der Waals surface area contributed by atoms with Gasteiger partial charge in [0.25, 0.3) is 0 Å². The summed E-state index contributed by atoms with van der Waals surface area (Å²) in [5, 5.41) is 3.44. The lowest BCUT2D eigenvalue weighted by atomic mass is 9.84. The van der Waals surface area contributed by atoms with Gasteiger partial charge in [0, 0.05) is 18.4 Å². The van der Waals surface area contributed by atoms with Gasteiger partial charge >= 0.3 is 0 Å². The second-order valence-electron chi connectivity index (χ2n) is 5.56. The lowest BCUT2D eigenvalue weighted by molar-refractivity contribution is 0.304. The predicted octanol–water partition coefficient (Wildman–Crippen LogP) is 2.30. The maximum atomic E-state index is 5.81. The summed E-state index contributed by atoms with van der Waals surface area (Å²) < 4.78 is 0. The van der Waals surface area contributed by atoms with Gasteiger partial charge in [-0.05, 0) is 43.9 Å². The molecule has 2 bridgehead atoms. The van der Waals surface area contributed by atoms with Crippen LogP contribution in [0, 0.1) is 17.8 Å². The quantitative estimate of drug-likeness (QED) is 0.839. The molecular weight excluding hydrogens is 212 g/mol. The van der Waals surface area contributed by atoms with Crippen LogP contribution in [0.25, 0.3) is 0 Å². The van der Waals surface area contributed by atoms with Crippen LogP contribution in [0.5, 0.6) is 0 Å². The number of aromatic nitrogens is 2. The average Bonchev–Trinajstić information content (AvgIpc) is 2.94. The standard InChI is InChI=1S/C13H20N4/c1-8(11-7-9-2-3-10(11)6-9)17-13-12(14)15-4-5-16-13/h4-5,8-11H,2-3,6-7H2,1H3,(H2,14,15)(H,16,17). The topological polar surface area (TPSA) is 63.8 Å². The molecule has 4 unspecified atom stereocenters. The number of anilines is 2. The third-order valence-corrected chi connectivity index (χ3v) is 4.53. The van der Waals surface area contributed by atoms with E-state index >= 15 is 0 Å². The monoisotopic (exact) mass is 232 g/mol. The van der Waals surface area contributed by atoms with Gasteiger partial charge in [-0.1, -0.05) is 6.42 Å². The van der Waals surface area contributed by atoms with Crippen molar-refractivity contribution in [2.24, 2.45) is 17.8 Å². The first-order valence-electron chi connectivity index (χ1n) is 6.57. The molecule has 1 aromatic rings. The second kappa shape index (κ2) is 4.17. The molecule has 92 valence electrons. The van der Waals surface area contributed by atoms with E-state index in [0.717, 1.165) is 23.6 Å². The minimum Gasteiger partial charge on any atom is -0.381 e. The first-order chi connectivity index (χ1) is 8.24. The molecule has 4 nitrogen and oxygen atoms in total. The number of hydrogen-bond donors (Lipinski definition) is 2. The van der Waals surface area contributed by atoms with Crippen LogP contribution in [0.4, 0.5) is 11.6 Å². The molecule has 2 aliphatic carbocycles. The molecule has 0 radical (unpaired) electrons. The highest BCUT2D eigenvalue weighted by Crippen LogP contribution is 2.49. The zero-order valence-corrected chi connectivity index (χ0v) is 10.3. The van der Waals surface area contributed by atoms with Crippen LogP contribution in [0.1, 0.15) is 32.6 Å². The molecule has 3 rings (SSSR count). The van der Waals surface area contributed by atoms with Gasteiger partial charge in [-0.25, -0.2) is 9.97 Å². The number of nitrogen functional groups attached to an aromatic ring is 1. The molecule has 0 saturated heterocycles.